The van der Waals surface area contributed by atoms with Gasteiger partial charge < -0.3 is 37.0 Å². The Balaban J connectivity index is 2.22. The summed E-state index contributed by atoms with van der Waals surface area (Å²) < 4.78 is 0. The predicted octanol–water partition coefficient (Wildman–Crippen LogP) is -0.0716. The van der Waals surface area contributed by atoms with Crippen LogP contribution in [0.1, 0.15) is 30.9 Å². The second-order valence-electron chi connectivity index (χ2n) is 8.80. The molecule has 0 aliphatic heterocycles. The Morgan fingerprint density at radius 2 is 1.24 bits per heavy atom. The number of hydrogen-bond donors (Lipinski definition) is 7. The van der Waals surface area contributed by atoms with E-state index >= 15 is 0 Å². The fraction of sp³-hybridized carbons (Fsp3) is 0.346. The summed E-state index contributed by atoms with van der Waals surface area (Å²) in [5.41, 5.74) is 6.84. The highest BCUT2D eigenvalue weighted by Crippen LogP contribution is 2.12. The number of nitrogens with one attached hydrogen (secondary N) is 3. The van der Waals surface area contributed by atoms with Gasteiger partial charge in [0.15, 0.2) is 0 Å². The molecule has 0 saturated carbocycles. The summed E-state index contributed by atoms with van der Waals surface area (Å²) in [7, 11) is 0. The number of carbonyl (C=O) groups excluding carboxylic acids is 3. The number of hydrogen-bond acceptors (Lipinski definition) is 7. The molecule has 0 bridgehead atoms. The summed E-state index contributed by atoms with van der Waals surface area (Å²) in [6.07, 6.45) is -0.861. The second kappa shape index (κ2) is 14.3. The molecule has 12 nitrogen and oxygen atoms in total. The van der Waals surface area contributed by atoms with Crippen molar-refractivity contribution in [2.45, 2.75) is 56.8 Å². The standard InChI is InChI=1S/C26H32N4O8/c1-15(27)23(34)29-20(13-17-7-9-18(31)10-8-17)25(36)28-19(11-12-22(32)33)24(35)30-21(26(37)38)14-16-5-3-2-4-6-16/h2-10,15,19-21,31H,11-14,27H2,1H3,(H,28,36)(H,29,34)(H,30,35)(H,32,33)(H,37,38). The highest BCUT2D eigenvalue weighted by atomic mass is 16.4. The van der Waals surface area contributed by atoms with Crippen molar-refractivity contribution in [2.24, 2.45) is 5.73 Å². The quantitative estimate of drug-likeness (QED) is 0.175. The first-order valence-electron chi connectivity index (χ1n) is 11.9. The van der Waals surface area contributed by atoms with Crippen molar-refractivity contribution in [3.05, 3.63) is 65.7 Å². The Kier molecular flexibility index (Phi) is 11.2. The Labute approximate surface area is 219 Å². The van der Waals surface area contributed by atoms with Crippen molar-refractivity contribution in [1.29, 1.82) is 0 Å². The highest BCUT2D eigenvalue weighted by molar-refractivity contribution is 5.94. The number of rotatable bonds is 14. The van der Waals surface area contributed by atoms with E-state index in [0.29, 0.717) is 11.1 Å². The number of carboxylic acids is 2. The number of carbonyl (C=O) groups is 5. The molecule has 0 aromatic heterocycles. The second-order valence-corrected chi connectivity index (χ2v) is 8.80. The minimum atomic E-state index is -1.40. The minimum absolute atomic E-state index is 0.00302. The number of amides is 3. The van der Waals surface area contributed by atoms with Gasteiger partial charge in [-0.3, -0.25) is 19.2 Å². The van der Waals surface area contributed by atoms with Crippen LogP contribution in [0.25, 0.3) is 0 Å². The van der Waals surface area contributed by atoms with E-state index in [2.05, 4.69) is 16.0 Å². The first-order chi connectivity index (χ1) is 18.0. The SMILES string of the molecule is CC(N)C(=O)NC(Cc1ccc(O)cc1)C(=O)NC(CCC(=O)O)C(=O)NC(Cc1ccccc1)C(=O)O. The van der Waals surface area contributed by atoms with E-state index in [1.807, 2.05) is 0 Å². The van der Waals surface area contributed by atoms with Crippen LogP contribution in [0.4, 0.5) is 0 Å². The zero-order valence-electron chi connectivity index (χ0n) is 20.8. The largest absolute Gasteiger partial charge is 0.508 e. The lowest BCUT2D eigenvalue weighted by molar-refractivity contribution is -0.143. The molecule has 0 spiro atoms. The summed E-state index contributed by atoms with van der Waals surface area (Å²) in [6.45, 7) is 1.42. The molecule has 0 radical (unpaired) electrons. The zero-order chi connectivity index (χ0) is 28.2. The van der Waals surface area contributed by atoms with Crippen LogP contribution in [0.5, 0.6) is 5.75 Å². The van der Waals surface area contributed by atoms with Crippen LogP contribution >= 0.6 is 0 Å². The van der Waals surface area contributed by atoms with Crippen molar-refractivity contribution in [3.63, 3.8) is 0 Å². The Morgan fingerprint density at radius 3 is 1.79 bits per heavy atom. The predicted molar refractivity (Wildman–Crippen MR) is 136 cm³/mol. The van der Waals surface area contributed by atoms with Crippen molar-refractivity contribution < 1.29 is 39.3 Å². The molecule has 12 heteroatoms. The first kappa shape index (κ1) is 29.8. The van der Waals surface area contributed by atoms with Gasteiger partial charge in [-0.2, -0.15) is 0 Å². The van der Waals surface area contributed by atoms with E-state index in [1.54, 1.807) is 42.5 Å². The van der Waals surface area contributed by atoms with Gasteiger partial charge in [-0.15, -0.1) is 0 Å². The summed E-state index contributed by atoms with van der Waals surface area (Å²) in [4.78, 5) is 61.4. The lowest BCUT2D eigenvalue weighted by Gasteiger charge is -2.25. The average Bonchev–Trinajstić information content (AvgIpc) is 2.87. The van der Waals surface area contributed by atoms with Gasteiger partial charge >= 0.3 is 11.9 Å². The summed E-state index contributed by atoms with van der Waals surface area (Å²) >= 11 is 0. The third-order valence-corrected chi connectivity index (χ3v) is 5.60. The van der Waals surface area contributed by atoms with E-state index in [9.17, 15) is 34.2 Å². The summed E-state index contributed by atoms with van der Waals surface area (Å²) in [5, 5.41) is 35.6. The van der Waals surface area contributed by atoms with E-state index < -0.39 is 60.2 Å². The molecule has 0 heterocycles. The van der Waals surface area contributed by atoms with Crippen molar-refractivity contribution in [2.75, 3.05) is 0 Å². The number of phenolic OH excluding ortho intramolecular Hbond substituents is 1. The molecular formula is C26H32N4O8. The van der Waals surface area contributed by atoms with E-state index in [4.69, 9.17) is 10.8 Å². The maximum atomic E-state index is 13.2. The van der Waals surface area contributed by atoms with E-state index in [-0.39, 0.29) is 25.0 Å². The molecule has 0 fully saturated rings. The highest BCUT2D eigenvalue weighted by Gasteiger charge is 2.30. The molecule has 204 valence electrons. The van der Waals surface area contributed by atoms with Crippen molar-refractivity contribution in [3.8, 4) is 5.75 Å². The van der Waals surface area contributed by atoms with Gasteiger partial charge in [0.1, 0.15) is 23.9 Å². The molecule has 3 amide bonds. The van der Waals surface area contributed by atoms with Crippen LogP contribution in [0.3, 0.4) is 0 Å². The molecule has 4 unspecified atom stereocenters. The van der Waals surface area contributed by atoms with Gasteiger partial charge in [0.25, 0.3) is 0 Å². The molecule has 2 rings (SSSR count). The molecular weight excluding hydrogens is 496 g/mol. The number of benzene rings is 2. The van der Waals surface area contributed by atoms with Crippen LogP contribution in [-0.4, -0.2) is 69.1 Å². The van der Waals surface area contributed by atoms with Crippen LogP contribution < -0.4 is 21.7 Å². The number of aromatic hydroxyl groups is 1. The average molecular weight is 529 g/mol. The first-order valence-corrected chi connectivity index (χ1v) is 11.9. The molecule has 38 heavy (non-hydrogen) atoms. The van der Waals surface area contributed by atoms with Crippen LogP contribution in [0, 0.1) is 0 Å². The summed E-state index contributed by atoms with van der Waals surface area (Å²) in [5.74, 6) is -4.84. The molecule has 2 aromatic rings. The van der Waals surface area contributed by atoms with Crippen LogP contribution in [-0.2, 0) is 36.8 Å². The third kappa shape index (κ3) is 9.90. The van der Waals surface area contributed by atoms with Crippen molar-refractivity contribution in [1.82, 2.24) is 16.0 Å². The van der Waals surface area contributed by atoms with Crippen LogP contribution in [0.15, 0.2) is 54.6 Å². The Bertz CT molecular complexity index is 1120. The smallest absolute Gasteiger partial charge is 0.326 e. The Hall–Kier alpha value is -4.45. The lowest BCUT2D eigenvalue weighted by atomic mass is 10.0. The zero-order valence-corrected chi connectivity index (χ0v) is 20.8. The Morgan fingerprint density at radius 1 is 0.737 bits per heavy atom. The van der Waals surface area contributed by atoms with Gasteiger partial charge in [0, 0.05) is 19.3 Å². The number of carboxylic acid groups (broad SMARTS) is 2. The fourth-order valence-electron chi connectivity index (χ4n) is 3.51. The van der Waals surface area contributed by atoms with Gasteiger partial charge in [-0.25, -0.2) is 4.79 Å². The molecule has 2 aromatic carbocycles. The molecule has 0 saturated heterocycles. The maximum absolute atomic E-state index is 13.2. The van der Waals surface area contributed by atoms with Crippen LogP contribution in [0.2, 0.25) is 0 Å². The lowest BCUT2D eigenvalue weighted by Crippen LogP contribution is -2.57. The minimum Gasteiger partial charge on any atom is -0.508 e. The van der Waals surface area contributed by atoms with E-state index in [1.165, 1.54) is 19.1 Å². The topological polar surface area (TPSA) is 208 Å². The number of nitrogens with two attached hydrogens (primary N) is 1. The number of phenols is 1. The molecule has 8 N–H and O–H groups in total. The third-order valence-electron chi connectivity index (χ3n) is 5.60. The molecule has 0 aliphatic rings. The fourth-order valence-corrected chi connectivity index (χ4v) is 3.51. The summed E-state index contributed by atoms with van der Waals surface area (Å²) in [6, 6.07) is 9.61. The van der Waals surface area contributed by atoms with Gasteiger partial charge in [-0.05, 0) is 36.6 Å². The van der Waals surface area contributed by atoms with Crippen molar-refractivity contribution >= 4 is 29.7 Å². The maximum Gasteiger partial charge on any atom is 0.326 e. The van der Waals surface area contributed by atoms with Gasteiger partial charge in [0.2, 0.25) is 17.7 Å². The van der Waals surface area contributed by atoms with Gasteiger partial charge in [0.05, 0.1) is 6.04 Å². The van der Waals surface area contributed by atoms with Gasteiger partial charge in [-0.1, -0.05) is 42.5 Å². The number of aliphatic carboxylic acids is 2. The normalized spacial score (nSPS) is 13.8. The monoisotopic (exact) mass is 528 g/mol. The van der Waals surface area contributed by atoms with E-state index in [0.717, 1.165) is 0 Å². The molecule has 0 aliphatic carbocycles. The molecule has 4 atom stereocenters.